The predicted octanol–water partition coefficient (Wildman–Crippen LogP) is 1.22. The van der Waals surface area contributed by atoms with E-state index in [1.165, 1.54) is 0 Å². The number of aliphatic carboxylic acids is 1. The van der Waals surface area contributed by atoms with E-state index < -0.39 is 11.5 Å². The van der Waals surface area contributed by atoms with Crippen molar-refractivity contribution in [3.05, 3.63) is 0 Å². The Kier molecular flexibility index (Phi) is 2.42. The summed E-state index contributed by atoms with van der Waals surface area (Å²) in [6.07, 6.45) is 3.03. The third-order valence-electron chi connectivity index (χ3n) is 3.00. The van der Waals surface area contributed by atoms with E-state index in [4.69, 9.17) is 10.8 Å². The van der Waals surface area contributed by atoms with E-state index >= 15 is 0 Å². The predicted molar refractivity (Wildman–Crippen MR) is 46.7 cm³/mol. The van der Waals surface area contributed by atoms with Gasteiger partial charge in [-0.25, -0.2) is 0 Å². The second-order valence-electron chi connectivity index (χ2n) is 4.20. The molecular formula is C9H17NO2. The highest BCUT2D eigenvalue weighted by atomic mass is 16.4. The number of carboxylic acids is 1. The van der Waals surface area contributed by atoms with Crippen LogP contribution in [0.5, 0.6) is 0 Å². The van der Waals surface area contributed by atoms with Crippen molar-refractivity contribution in [3.63, 3.8) is 0 Å². The van der Waals surface area contributed by atoms with Crippen molar-refractivity contribution in [2.45, 2.75) is 38.6 Å². The maximum Gasteiger partial charge on any atom is 0.323 e. The third kappa shape index (κ3) is 1.61. The molecule has 12 heavy (non-hydrogen) atoms. The molecule has 3 unspecified atom stereocenters. The van der Waals surface area contributed by atoms with Gasteiger partial charge in [-0.3, -0.25) is 4.79 Å². The molecule has 0 spiro atoms. The van der Waals surface area contributed by atoms with Crippen LogP contribution in [0, 0.1) is 11.8 Å². The zero-order valence-corrected chi connectivity index (χ0v) is 7.71. The molecule has 0 aromatic rings. The van der Waals surface area contributed by atoms with Crippen LogP contribution in [0.2, 0.25) is 0 Å². The Bertz CT molecular complexity index is 189. The molecule has 3 atom stereocenters. The maximum atomic E-state index is 10.8. The lowest BCUT2D eigenvalue weighted by atomic mass is 9.85. The highest BCUT2D eigenvalue weighted by molar-refractivity contribution is 5.78. The first-order chi connectivity index (χ1) is 5.44. The van der Waals surface area contributed by atoms with Gasteiger partial charge in [0.15, 0.2) is 0 Å². The highest BCUT2D eigenvalue weighted by Gasteiger charge is 2.40. The fourth-order valence-electron chi connectivity index (χ4n) is 1.93. The number of hydrogen-bond acceptors (Lipinski definition) is 2. The fourth-order valence-corrected chi connectivity index (χ4v) is 1.93. The van der Waals surface area contributed by atoms with Gasteiger partial charge in [-0.1, -0.05) is 13.3 Å². The summed E-state index contributed by atoms with van der Waals surface area (Å²) in [6.45, 7) is 3.77. The number of rotatable bonds is 2. The zero-order valence-electron chi connectivity index (χ0n) is 7.71. The van der Waals surface area contributed by atoms with Gasteiger partial charge < -0.3 is 10.8 Å². The summed E-state index contributed by atoms with van der Waals surface area (Å²) in [6, 6.07) is 0. The molecule has 3 heteroatoms. The van der Waals surface area contributed by atoms with Crippen LogP contribution in [0.15, 0.2) is 0 Å². The summed E-state index contributed by atoms with van der Waals surface area (Å²) in [7, 11) is 0. The standard InChI is InChI=1S/C9H17NO2/c1-6-3-4-7(5-6)9(2,10)8(11)12/h6-7H,3-5,10H2,1-2H3,(H,11,12). The summed E-state index contributed by atoms with van der Waals surface area (Å²) in [4.78, 5) is 10.8. The van der Waals surface area contributed by atoms with Crippen molar-refractivity contribution in [2.75, 3.05) is 0 Å². The number of nitrogens with two attached hydrogens (primary N) is 1. The Balaban J connectivity index is 2.63. The van der Waals surface area contributed by atoms with Gasteiger partial charge in [0.05, 0.1) is 0 Å². The minimum Gasteiger partial charge on any atom is -0.480 e. The molecule has 1 aliphatic carbocycles. The Hall–Kier alpha value is -0.570. The summed E-state index contributed by atoms with van der Waals surface area (Å²) < 4.78 is 0. The quantitative estimate of drug-likeness (QED) is 0.656. The first-order valence-corrected chi connectivity index (χ1v) is 4.47. The first-order valence-electron chi connectivity index (χ1n) is 4.47. The average molecular weight is 171 g/mol. The second kappa shape index (κ2) is 3.05. The van der Waals surface area contributed by atoms with Crippen LogP contribution < -0.4 is 5.73 Å². The highest BCUT2D eigenvalue weighted by Crippen LogP contribution is 2.36. The molecule has 0 aromatic carbocycles. The second-order valence-corrected chi connectivity index (χ2v) is 4.20. The van der Waals surface area contributed by atoms with Crippen LogP contribution >= 0.6 is 0 Å². The Morgan fingerprint density at radius 1 is 1.58 bits per heavy atom. The molecule has 1 aliphatic rings. The van der Waals surface area contributed by atoms with Gasteiger partial charge in [0.25, 0.3) is 0 Å². The van der Waals surface area contributed by atoms with E-state index in [0.717, 1.165) is 19.3 Å². The molecule has 0 aliphatic heterocycles. The van der Waals surface area contributed by atoms with Crippen LogP contribution in [0.25, 0.3) is 0 Å². The van der Waals surface area contributed by atoms with Gasteiger partial charge >= 0.3 is 5.97 Å². The molecule has 0 saturated heterocycles. The maximum absolute atomic E-state index is 10.8. The largest absolute Gasteiger partial charge is 0.480 e. The molecule has 0 bridgehead atoms. The van der Waals surface area contributed by atoms with Crippen LogP contribution in [-0.4, -0.2) is 16.6 Å². The first kappa shape index (κ1) is 9.52. The lowest BCUT2D eigenvalue weighted by Crippen LogP contribution is -2.50. The molecular weight excluding hydrogens is 154 g/mol. The minimum absolute atomic E-state index is 0.157. The third-order valence-corrected chi connectivity index (χ3v) is 3.00. The van der Waals surface area contributed by atoms with Gasteiger partial charge in [-0.2, -0.15) is 0 Å². The van der Waals surface area contributed by atoms with Crippen molar-refractivity contribution in [2.24, 2.45) is 17.6 Å². The number of carbonyl (C=O) groups is 1. The monoisotopic (exact) mass is 171 g/mol. The molecule has 0 heterocycles. The van der Waals surface area contributed by atoms with Crippen molar-refractivity contribution < 1.29 is 9.90 Å². The molecule has 0 aromatic heterocycles. The van der Waals surface area contributed by atoms with Gasteiger partial charge in [0.2, 0.25) is 0 Å². The summed E-state index contributed by atoms with van der Waals surface area (Å²) in [5, 5.41) is 8.86. The molecule has 0 amide bonds. The van der Waals surface area contributed by atoms with E-state index in [2.05, 4.69) is 6.92 Å². The number of carboxylic acid groups (broad SMARTS) is 1. The van der Waals surface area contributed by atoms with Gasteiger partial charge in [-0.15, -0.1) is 0 Å². The van der Waals surface area contributed by atoms with Crippen molar-refractivity contribution >= 4 is 5.97 Å². The van der Waals surface area contributed by atoms with E-state index in [9.17, 15) is 4.79 Å². The molecule has 0 radical (unpaired) electrons. The van der Waals surface area contributed by atoms with Crippen molar-refractivity contribution in [1.82, 2.24) is 0 Å². The molecule has 1 fully saturated rings. The van der Waals surface area contributed by atoms with Crippen molar-refractivity contribution in [1.29, 1.82) is 0 Å². The normalized spacial score (nSPS) is 34.6. The van der Waals surface area contributed by atoms with Gasteiger partial charge in [0, 0.05) is 0 Å². The van der Waals surface area contributed by atoms with Crippen molar-refractivity contribution in [3.8, 4) is 0 Å². The van der Waals surface area contributed by atoms with E-state index in [0.29, 0.717) is 5.92 Å². The SMILES string of the molecule is CC1CCC(C(C)(N)C(=O)O)C1. The van der Waals surface area contributed by atoms with Crippen LogP contribution in [-0.2, 0) is 4.79 Å². The van der Waals surface area contributed by atoms with Crippen LogP contribution in [0.1, 0.15) is 33.1 Å². The Labute approximate surface area is 72.9 Å². The van der Waals surface area contributed by atoms with E-state index in [1.54, 1.807) is 6.92 Å². The molecule has 3 nitrogen and oxygen atoms in total. The van der Waals surface area contributed by atoms with Gasteiger partial charge in [0.1, 0.15) is 5.54 Å². The fraction of sp³-hybridized carbons (Fsp3) is 0.889. The lowest BCUT2D eigenvalue weighted by Gasteiger charge is -2.26. The molecule has 70 valence electrons. The minimum atomic E-state index is -1.02. The van der Waals surface area contributed by atoms with E-state index in [-0.39, 0.29) is 5.92 Å². The summed E-state index contributed by atoms with van der Waals surface area (Å²) >= 11 is 0. The zero-order chi connectivity index (χ0) is 9.35. The van der Waals surface area contributed by atoms with Crippen LogP contribution in [0.3, 0.4) is 0 Å². The molecule has 1 saturated carbocycles. The Morgan fingerprint density at radius 3 is 2.50 bits per heavy atom. The molecule has 3 N–H and O–H groups in total. The summed E-state index contributed by atoms with van der Waals surface area (Å²) in [5.74, 6) is -0.0798. The number of hydrogen-bond donors (Lipinski definition) is 2. The molecule has 1 rings (SSSR count). The Morgan fingerprint density at radius 2 is 2.17 bits per heavy atom. The summed E-state index contributed by atoms with van der Waals surface area (Å²) in [5.41, 5.74) is 4.70. The van der Waals surface area contributed by atoms with Gasteiger partial charge in [-0.05, 0) is 31.6 Å². The topological polar surface area (TPSA) is 63.3 Å². The van der Waals surface area contributed by atoms with Crippen LogP contribution in [0.4, 0.5) is 0 Å². The average Bonchev–Trinajstić information content (AvgIpc) is 2.35. The van der Waals surface area contributed by atoms with E-state index in [1.807, 2.05) is 0 Å². The smallest absolute Gasteiger partial charge is 0.323 e. The lowest BCUT2D eigenvalue weighted by molar-refractivity contribution is -0.144.